The Hall–Kier alpha value is -2.44. The van der Waals surface area contributed by atoms with Crippen LogP contribution < -0.4 is 10.1 Å². The lowest BCUT2D eigenvalue weighted by Gasteiger charge is -2.10. The van der Waals surface area contributed by atoms with Gasteiger partial charge in [-0.3, -0.25) is 10.1 Å². The van der Waals surface area contributed by atoms with Crippen molar-refractivity contribution in [3.63, 3.8) is 0 Å². The third kappa shape index (κ3) is 4.51. The zero-order valence-corrected chi connectivity index (χ0v) is 13.2. The minimum Gasteiger partial charge on any atom is -0.490 e. The Morgan fingerprint density at radius 2 is 1.83 bits per heavy atom. The first kappa shape index (κ1) is 16.9. The Morgan fingerprint density at radius 3 is 2.48 bits per heavy atom. The van der Waals surface area contributed by atoms with Crippen LogP contribution in [0.15, 0.2) is 42.5 Å². The molecular formula is C17H20N2O4. The molecule has 23 heavy (non-hydrogen) atoms. The van der Waals surface area contributed by atoms with Crippen LogP contribution in [-0.2, 0) is 24.4 Å². The van der Waals surface area contributed by atoms with E-state index in [2.05, 4.69) is 5.32 Å². The summed E-state index contributed by atoms with van der Waals surface area (Å²) in [6, 6.07) is 13.0. The van der Waals surface area contributed by atoms with Crippen molar-refractivity contribution >= 4 is 5.69 Å². The normalized spacial score (nSPS) is 10.5. The summed E-state index contributed by atoms with van der Waals surface area (Å²) >= 11 is 0. The van der Waals surface area contributed by atoms with Gasteiger partial charge in [0.25, 0.3) is 0 Å². The molecule has 0 heterocycles. The second-order valence-electron chi connectivity index (χ2n) is 5.07. The molecule has 0 bridgehead atoms. The molecule has 0 aromatic heterocycles. The van der Waals surface area contributed by atoms with Crippen molar-refractivity contribution in [1.29, 1.82) is 0 Å². The molecule has 0 amide bonds. The third-order valence-corrected chi connectivity index (χ3v) is 3.50. The standard InChI is InChI=1S/C17H20N2O4/c1-22-12-15-6-4-3-5-14(15)11-18-10-13-7-8-17(23-2)16(9-13)19(20)21/h3-9,18H,10-12H2,1-2H3. The molecule has 0 aliphatic heterocycles. The molecule has 0 radical (unpaired) electrons. The largest absolute Gasteiger partial charge is 0.490 e. The second kappa shape index (κ2) is 8.26. The number of nitrogens with one attached hydrogen (secondary N) is 1. The van der Waals surface area contributed by atoms with Crippen LogP contribution in [0.5, 0.6) is 5.75 Å². The average Bonchev–Trinajstić information content (AvgIpc) is 2.56. The fourth-order valence-electron chi connectivity index (χ4n) is 2.36. The van der Waals surface area contributed by atoms with Gasteiger partial charge in [-0.2, -0.15) is 0 Å². The quantitative estimate of drug-likeness (QED) is 0.598. The van der Waals surface area contributed by atoms with Gasteiger partial charge in [0.15, 0.2) is 5.75 Å². The van der Waals surface area contributed by atoms with E-state index in [1.54, 1.807) is 13.2 Å². The summed E-state index contributed by atoms with van der Waals surface area (Å²) in [4.78, 5) is 10.6. The number of hydrogen-bond acceptors (Lipinski definition) is 5. The van der Waals surface area contributed by atoms with Gasteiger partial charge < -0.3 is 14.8 Å². The highest BCUT2D eigenvalue weighted by Crippen LogP contribution is 2.27. The molecule has 2 aromatic carbocycles. The lowest BCUT2D eigenvalue weighted by Crippen LogP contribution is -2.14. The van der Waals surface area contributed by atoms with E-state index in [4.69, 9.17) is 9.47 Å². The van der Waals surface area contributed by atoms with E-state index in [0.29, 0.717) is 19.7 Å². The predicted octanol–water partition coefficient (Wildman–Crippen LogP) is 3.04. The van der Waals surface area contributed by atoms with Gasteiger partial charge in [0, 0.05) is 26.3 Å². The van der Waals surface area contributed by atoms with Crippen molar-refractivity contribution in [1.82, 2.24) is 5.32 Å². The van der Waals surface area contributed by atoms with Crippen LogP contribution >= 0.6 is 0 Å². The zero-order valence-electron chi connectivity index (χ0n) is 13.2. The Bertz CT molecular complexity index is 673. The maximum absolute atomic E-state index is 11.0. The Labute approximate surface area is 135 Å². The van der Waals surface area contributed by atoms with Crippen molar-refractivity contribution in [3.05, 3.63) is 69.3 Å². The number of ether oxygens (including phenoxy) is 2. The van der Waals surface area contributed by atoms with Crippen molar-refractivity contribution in [2.75, 3.05) is 14.2 Å². The monoisotopic (exact) mass is 316 g/mol. The van der Waals surface area contributed by atoms with Crippen LogP contribution in [0.3, 0.4) is 0 Å². The maximum atomic E-state index is 11.0. The van der Waals surface area contributed by atoms with Crippen LogP contribution in [0.4, 0.5) is 5.69 Å². The Kier molecular flexibility index (Phi) is 6.08. The van der Waals surface area contributed by atoms with E-state index < -0.39 is 4.92 Å². The zero-order chi connectivity index (χ0) is 16.7. The number of benzene rings is 2. The van der Waals surface area contributed by atoms with E-state index in [1.807, 2.05) is 30.3 Å². The summed E-state index contributed by atoms with van der Waals surface area (Å²) in [5.41, 5.74) is 3.09. The predicted molar refractivity (Wildman–Crippen MR) is 87.3 cm³/mol. The molecule has 6 nitrogen and oxygen atoms in total. The lowest BCUT2D eigenvalue weighted by atomic mass is 10.1. The molecule has 122 valence electrons. The fourth-order valence-corrected chi connectivity index (χ4v) is 2.36. The molecule has 0 atom stereocenters. The van der Waals surface area contributed by atoms with E-state index >= 15 is 0 Å². The van der Waals surface area contributed by atoms with E-state index in [1.165, 1.54) is 13.2 Å². The molecule has 0 spiro atoms. The van der Waals surface area contributed by atoms with Crippen LogP contribution in [0.25, 0.3) is 0 Å². The van der Waals surface area contributed by atoms with E-state index in [9.17, 15) is 10.1 Å². The fraction of sp³-hybridized carbons (Fsp3) is 0.294. The van der Waals surface area contributed by atoms with Crippen molar-refractivity contribution in [2.45, 2.75) is 19.7 Å². The van der Waals surface area contributed by atoms with Gasteiger partial charge in [-0.1, -0.05) is 30.3 Å². The lowest BCUT2D eigenvalue weighted by molar-refractivity contribution is -0.385. The van der Waals surface area contributed by atoms with Crippen molar-refractivity contribution in [2.24, 2.45) is 0 Å². The summed E-state index contributed by atoms with van der Waals surface area (Å²) in [7, 11) is 3.09. The highest BCUT2D eigenvalue weighted by atomic mass is 16.6. The minimum absolute atomic E-state index is 0.0217. The van der Waals surface area contributed by atoms with Crippen molar-refractivity contribution in [3.8, 4) is 5.75 Å². The number of nitrogens with zero attached hydrogens (tertiary/aromatic N) is 1. The third-order valence-electron chi connectivity index (χ3n) is 3.50. The van der Waals surface area contributed by atoms with Gasteiger partial charge in [-0.05, 0) is 22.8 Å². The van der Waals surface area contributed by atoms with Crippen LogP contribution in [-0.4, -0.2) is 19.1 Å². The van der Waals surface area contributed by atoms with Gasteiger partial charge in [-0.25, -0.2) is 0 Å². The van der Waals surface area contributed by atoms with Gasteiger partial charge in [0.1, 0.15) is 0 Å². The Balaban J connectivity index is 2.02. The number of nitro groups is 1. The molecule has 1 N–H and O–H groups in total. The molecule has 2 rings (SSSR count). The van der Waals surface area contributed by atoms with Gasteiger partial charge >= 0.3 is 5.69 Å². The van der Waals surface area contributed by atoms with Gasteiger partial charge in [0.05, 0.1) is 18.6 Å². The first-order valence-electron chi connectivity index (χ1n) is 7.23. The number of hydrogen-bond donors (Lipinski definition) is 1. The molecule has 0 aliphatic rings. The molecule has 0 fully saturated rings. The topological polar surface area (TPSA) is 73.6 Å². The highest BCUT2D eigenvalue weighted by molar-refractivity contribution is 5.48. The summed E-state index contributed by atoms with van der Waals surface area (Å²) in [5, 5.41) is 14.3. The van der Waals surface area contributed by atoms with Crippen LogP contribution in [0.1, 0.15) is 16.7 Å². The summed E-state index contributed by atoms with van der Waals surface area (Å²) in [6.45, 7) is 1.76. The molecule has 2 aromatic rings. The highest BCUT2D eigenvalue weighted by Gasteiger charge is 2.14. The SMILES string of the molecule is COCc1ccccc1CNCc1ccc(OC)c([N+](=O)[O-])c1. The number of nitro benzene ring substituents is 1. The first-order valence-corrected chi connectivity index (χ1v) is 7.23. The average molecular weight is 316 g/mol. The molecule has 0 saturated carbocycles. The molecular weight excluding hydrogens is 296 g/mol. The minimum atomic E-state index is -0.434. The summed E-state index contributed by atoms with van der Waals surface area (Å²) in [6.07, 6.45) is 0. The molecule has 6 heteroatoms. The van der Waals surface area contributed by atoms with E-state index in [0.717, 1.165) is 16.7 Å². The van der Waals surface area contributed by atoms with Gasteiger partial charge in [0.2, 0.25) is 0 Å². The molecule has 0 saturated heterocycles. The molecule has 0 unspecified atom stereocenters. The van der Waals surface area contributed by atoms with Crippen LogP contribution in [0, 0.1) is 10.1 Å². The number of methoxy groups -OCH3 is 2. The van der Waals surface area contributed by atoms with Crippen molar-refractivity contribution < 1.29 is 14.4 Å². The summed E-state index contributed by atoms with van der Waals surface area (Å²) < 4.78 is 10.2. The van der Waals surface area contributed by atoms with E-state index in [-0.39, 0.29) is 11.4 Å². The van der Waals surface area contributed by atoms with Crippen LogP contribution in [0.2, 0.25) is 0 Å². The number of rotatable bonds is 8. The second-order valence-corrected chi connectivity index (χ2v) is 5.07. The first-order chi connectivity index (χ1) is 11.2. The molecule has 0 aliphatic carbocycles. The Morgan fingerprint density at radius 1 is 1.09 bits per heavy atom. The maximum Gasteiger partial charge on any atom is 0.311 e. The smallest absolute Gasteiger partial charge is 0.311 e. The summed E-state index contributed by atoms with van der Waals surface area (Å²) in [5.74, 6) is 0.268. The van der Waals surface area contributed by atoms with Gasteiger partial charge in [-0.15, -0.1) is 0 Å².